The average Bonchev–Trinajstić information content (AvgIpc) is 2.27. The molecule has 1 amide bonds. The van der Waals surface area contributed by atoms with Crippen LogP contribution in [-0.4, -0.2) is 43.7 Å². The van der Waals surface area contributed by atoms with Gasteiger partial charge in [-0.1, -0.05) is 0 Å². The first-order valence-electron chi connectivity index (χ1n) is 4.77. The van der Waals surface area contributed by atoms with E-state index >= 15 is 0 Å². The van der Waals surface area contributed by atoms with Crippen molar-refractivity contribution in [2.45, 2.75) is 19.4 Å². The Morgan fingerprint density at radius 2 is 2.33 bits per heavy atom. The average molecular weight is 214 g/mol. The van der Waals surface area contributed by atoms with Crippen molar-refractivity contribution in [1.29, 1.82) is 5.26 Å². The van der Waals surface area contributed by atoms with Crippen LogP contribution in [0.2, 0.25) is 0 Å². The fraction of sp³-hybridized carbons (Fsp3) is 0.778. The molecule has 0 rings (SSSR count). The zero-order valence-electron chi connectivity index (χ0n) is 9.19. The SMILES string of the molecule is COCCN(CCC#N)C(C)C(=O)NN. The highest BCUT2D eigenvalue weighted by molar-refractivity contribution is 5.80. The van der Waals surface area contributed by atoms with Crippen LogP contribution in [0.3, 0.4) is 0 Å². The molecule has 0 aromatic rings. The Labute approximate surface area is 89.9 Å². The molecule has 1 atom stereocenters. The minimum Gasteiger partial charge on any atom is -0.383 e. The van der Waals surface area contributed by atoms with E-state index in [0.717, 1.165) is 0 Å². The van der Waals surface area contributed by atoms with Crippen molar-refractivity contribution in [1.82, 2.24) is 10.3 Å². The summed E-state index contributed by atoms with van der Waals surface area (Å²) < 4.78 is 4.93. The highest BCUT2D eigenvalue weighted by Gasteiger charge is 2.19. The van der Waals surface area contributed by atoms with Crippen molar-refractivity contribution in [3.8, 4) is 6.07 Å². The molecule has 0 aliphatic carbocycles. The number of nitrogens with one attached hydrogen (secondary N) is 1. The molecule has 0 heterocycles. The number of carbonyl (C=O) groups is 1. The summed E-state index contributed by atoms with van der Waals surface area (Å²) in [6, 6.07) is 1.69. The summed E-state index contributed by atoms with van der Waals surface area (Å²) in [5.74, 6) is 4.79. The Kier molecular flexibility index (Phi) is 7.54. The third-order valence-electron chi connectivity index (χ3n) is 2.16. The molecule has 0 fully saturated rings. The van der Waals surface area contributed by atoms with Crippen LogP contribution < -0.4 is 11.3 Å². The van der Waals surface area contributed by atoms with E-state index in [9.17, 15) is 4.79 Å². The maximum Gasteiger partial charge on any atom is 0.250 e. The molecule has 6 heteroatoms. The lowest BCUT2D eigenvalue weighted by atomic mass is 10.2. The van der Waals surface area contributed by atoms with Gasteiger partial charge in [-0.25, -0.2) is 5.84 Å². The maximum atomic E-state index is 11.3. The van der Waals surface area contributed by atoms with Gasteiger partial charge in [-0.2, -0.15) is 5.26 Å². The maximum absolute atomic E-state index is 11.3. The first kappa shape index (κ1) is 13.8. The lowest BCUT2D eigenvalue weighted by Gasteiger charge is -2.26. The van der Waals surface area contributed by atoms with Gasteiger partial charge in [-0.05, 0) is 6.92 Å². The summed E-state index contributed by atoms with van der Waals surface area (Å²) in [5, 5.41) is 8.48. The van der Waals surface area contributed by atoms with Crippen molar-refractivity contribution < 1.29 is 9.53 Å². The Morgan fingerprint density at radius 1 is 1.67 bits per heavy atom. The second-order valence-electron chi connectivity index (χ2n) is 3.12. The first-order valence-corrected chi connectivity index (χ1v) is 4.77. The molecule has 86 valence electrons. The Bertz CT molecular complexity index is 227. The number of nitrogens with two attached hydrogens (primary N) is 1. The van der Waals surface area contributed by atoms with Crippen LogP contribution in [0.4, 0.5) is 0 Å². The van der Waals surface area contributed by atoms with Gasteiger partial charge in [-0.3, -0.25) is 15.1 Å². The van der Waals surface area contributed by atoms with E-state index in [4.69, 9.17) is 15.8 Å². The monoisotopic (exact) mass is 214 g/mol. The van der Waals surface area contributed by atoms with Gasteiger partial charge in [0.15, 0.2) is 0 Å². The molecule has 0 radical (unpaired) electrons. The van der Waals surface area contributed by atoms with E-state index in [-0.39, 0.29) is 11.9 Å². The number of nitriles is 1. The molecular formula is C9H18N4O2. The third kappa shape index (κ3) is 5.32. The number of carbonyl (C=O) groups excluding carboxylic acids is 1. The number of hydrazine groups is 1. The number of amides is 1. The molecule has 6 nitrogen and oxygen atoms in total. The predicted octanol–water partition coefficient (Wildman–Crippen LogP) is -0.773. The minimum atomic E-state index is -0.349. The smallest absolute Gasteiger partial charge is 0.250 e. The fourth-order valence-electron chi connectivity index (χ4n) is 1.19. The van der Waals surface area contributed by atoms with Gasteiger partial charge in [0.25, 0.3) is 5.91 Å². The zero-order chi connectivity index (χ0) is 11.7. The summed E-state index contributed by atoms with van der Waals surface area (Å²) >= 11 is 0. The summed E-state index contributed by atoms with van der Waals surface area (Å²) in [4.78, 5) is 13.1. The molecule has 15 heavy (non-hydrogen) atoms. The van der Waals surface area contributed by atoms with Crippen LogP contribution in [0.15, 0.2) is 0 Å². The van der Waals surface area contributed by atoms with Crippen LogP contribution in [0, 0.1) is 11.3 Å². The second kappa shape index (κ2) is 8.17. The van der Waals surface area contributed by atoms with Crippen LogP contribution in [0.25, 0.3) is 0 Å². The Hall–Kier alpha value is -1.16. The molecule has 0 saturated carbocycles. The minimum absolute atomic E-state index is 0.260. The number of methoxy groups -OCH3 is 1. The van der Waals surface area contributed by atoms with Crippen molar-refractivity contribution in [3.05, 3.63) is 0 Å². The van der Waals surface area contributed by atoms with Gasteiger partial charge in [0, 0.05) is 26.6 Å². The highest BCUT2D eigenvalue weighted by Crippen LogP contribution is 2.00. The number of nitrogens with zero attached hydrogens (tertiary/aromatic N) is 2. The molecule has 0 bridgehead atoms. The number of ether oxygens (including phenoxy) is 1. The van der Waals surface area contributed by atoms with Crippen molar-refractivity contribution in [3.63, 3.8) is 0 Å². The van der Waals surface area contributed by atoms with Gasteiger partial charge in [-0.15, -0.1) is 0 Å². The van der Waals surface area contributed by atoms with E-state index in [1.54, 1.807) is 14.0 Å². The summed E-state index contributed by atoms with van der Waals surface area (Å²) in [6.07, 6.45) is 0.381. The third-order valence-corrected chi connectivity index (χ3v) is 2.16. The van der Waals surface area contributed by atoms with Gasteiger partial charge < -0.3 is 4.74 Å². The van der Waals surface area contributed by atoms with Crippen molar-refractivity contribution in [2.75, 3.05) is 26.8 Å². The summed E-state index contributed by atoms with van der Waals surface area (Å²) in [5.41, 5.74) is 2.09. The number of hydrogen-bond acceptors (Lipinski definition) is 5. The quantitative estimate of drug-likeness (QED) is 0.330. The Morgan fingerprint density at radius 3 is 2.80 bits per heavy atom. The largest absolute Gasteiger partial charge is 0.383 e. The first-order chi connectivity index (χ1) is 7.17. The molecule has 0 spiro atoms. The van der Waals surface area contributed by atoms with Gasteiger partial charge in [0.1, 0.15) is 0 Å². The van der Waals surface area contributed by atoms with Gasteiger partial charge >= 0.3 is 0 Å². The normalized spacial score (nSPS) is 12.2. The molecule has 0 aromatic carbocycles. The van der Waals surface area contributed by atoms with E-state index in [2.05, 4.69) is 5.43 Å². The second-order valence-corrected chi connectivity index (χ2v) is 3.12. The van der Waals surface area contributed by atoms with E-state index in [0.29, 0.717) is 26.1 Å². The molecule has 0 aromatic heterocycles. The lowest BCUT2D eigenvalue weighted by molar-refractivity contribution is -0.126. The standard InChI is InChI=1S/C9H18N4O2/c1-8(9(14)12-11)13(5-3-4-10)6-7-15-2/h8H,3,5-7,11H2,1-2H3,(H,12,14). The molecule has 0 saturated heterocycles. The highest BCUT2D eigenvalue weighted by atomic mass is 16.5. The van der Waals surface area contributed by atoms with E-state index in [1.807, 2.05) is 11.0 Å². The zero-order valence-corrected chi connectivity index (χ0v) is 9.19. The van der Waals surface area contributed by atoms with Crippen LogP contribution in [-0.2, 0) is 9.53 Å². The Balaban J connectivity index is 4.20. The number of rotatable bonds is 7. The van der Waals surface area contributed by atoms with E-state index in [1.165, 1.54) is 0 Å². The predicted molar refractivity (Wildman–Crippen MR) is 55.5 cm³/mol. The van der Waals surface area contributed by atoms with Crippen LogP contribution in [0.1, 0.15) is 13.3 Å². The topological polar surface area (TPSA) is 91.4 Å². The summed E-state index contributed by atoms with van der Waals surface area (Å²) in [7, 11) is 1.59. The van der Waals surface area contributed by atoms with Crippen LogP contribution >= 0.6 is 0 Å². The number of hydrogen-bond donors (Lipinski definition) is 2. The molecule has 3 N–H and O–H groups in total. The van der Waals surface area contributed by atoms with Gasteiger partial charge in [0.05, 0.1) is 18.7 Å². The van der Waals surface area contributed by atoms with Crippen molar-refractivity contribution >= 4 is 5.91 Å². The molecule has 0 aliphatic heterocycles. The van der Waals surface area contributed by atoms with Crippen LogP contribution in [0.5, 0.6) is 0 Å². The van der Waals surface area contributed by atoms with Crippen molar-refractivity contribution in [2.24, 2.45) is 5.84 Å². The molecular weight excluding hydrogens is 196 g/mol. The molecule has 1 unspecified atom stereocenters. The van der Waals surface area contributed by atoms with Gasteiger partial charge in [0.2, 0.25) is 0 Å². The fourth-order valence-corrected chi connectivity index (χ4v) is 1.19. The lowest BCUT2D eigenvalue weighted by Crippen LogP contribution is -2.48. The summed E-state index contributed by atoms with van der Waals surface area (Å²) in [6.45, 7) is 3.41. The van der Waals surface area contributed by atoms with E-state index < -0.39 is 0 Å². The molecule has 0 aliphatic rings.